The highest BCUT2D eigenvalue weighted by atomic mass is 32.1. The molecule has 0 unspecified atom stereocenters. The maximum absolute atomic E-state index is 8.34. The second kappa shape index (κ2) is 5.05. The fourth-order valence-corrected chi connectivity index (χ4v) is 1.66. The zero-order valence-electron chi connectivity index (χ0n) is 8.16. The minimum Gasteiger partial charge on any atom is -0.411 e. The highest BCUT2D eigenvalue weighted by Gasteiger charge is 1.95. The first kappa shape index (κ1) is 10.3. The summed E-state index contributed by atoms with van der Waals surface area (Å²) in [6, 6.07) is 3.66. The van der Waals surface area contributed by atoms with Crippen LogP contribution in [0.1, 0.15) is 15.4 Å². The maximum atomic E-state index is 8.34. The first-order valence-corrected chi connectivity index (χ1v) is 5.25. The van der Waals surface area contributed by atoms with Crippen LogP contribution in [0.25, 0.3) is 0 Å². The summed E-state index contributed by atoms with van der Waals surface area (Å²) in [6.45, 7) is 0. The molecule has 5 heteroatoms. The molecule has 0 amide bonds. The van der Waals surface area contributed by atoms with Gasteiger partial charge < -0.3 is 5.21 Å². The quantitative estimate of drug-likeness (QED) is 0.351. The van der Waals surface area contributed by atoms with Crippen molar-refractivity contribution in [1.82, 2.24) is 9.97 Å². The lowest BCUT2D eigenvalue weighted by Crippen LogP contribution is -1.74. The third kappa shape index (κ3) is 2.65. The molecule has 0 bridgehead atoms. The van der Waals surface area contributed by atoms with Crippen LogP contribution in [0.3, 0.4) is 0 Å². The predicted molar refractivity (Wildman–Crippen MR) is 61.7 cm³/mol. The van der Waals surface area contributed by atoms with Gasteiger partial charge in [-0.3, -0.25) is 4.98 Å². The predicted octanol–water partition coefficient (Wildman–Crippen LogP) is 1.75. The van der Waals surface area contributed by atoms with Crippen LogP contribution in [0, 0.1) is 11.8 Å². The number of nitrogens with zero attached hydrogens (tertiary/aromatic N) is 3. The average Bonchev–Trinajstić information content (AvgIpc) is 2.76. The third-order valence-electron chi connectivity index (χ3n) is 1.70. The van der Waals surface area contributed by atoms with Crippen molar-refractivity contribution in [3.63, 3.8) is 0 Å². The van der Waals surface area contributed by atoms with Crippen molar-refractivity contribution in [3.8, 4) is 11.8 Å². The Balaban J connectivity index is 2.18. The monoisotopic (exact) mass is 229 g/mol. The van der Waals surface area contributed by atoms with Crippen molar-refractivity contribution in [2.75, 3.05) is 0 Å². The molecule has 16 heavy (non-hydrogen) atoms. The molecule has 4 nitrogen and oxygen atoms in total. The molecule has 2 aromatic heterocycles. The van der Waals surface area contributed by atoms with Crippen LogP contribution >= 0.6 is 11.3 Å². The second-order valence-electron chi connectivity index (χ2n) is 2.80. The largest absolute Gasteiger partial charge is 0.411 e. The summed E-state index contributed by atoms with van der Waals surface area (Å²) in [7, 11) is 0. The van der Waals surface area contributed by atoms with Gasteiger partial charge in [0, 0.05) is 24.2 Å². The van der Waals surface area contributed by atoms with Crippen LogP contribution in [0.2, 0.25) is 0 Å². The first-order chi connectivity index (χ1) is 7.88. The normalized spacial score (nSPS) is 10.0. The Kier molecular flexibility index (Phi) is 3.26. The highest BCUT2D eigenvalue weighted by Crippen LogP contribution is 2.09. The van der Waals surface area contributed by atoms with Crippen molar-refractivity contribution in [2.24, 2.45) is 5.16 Å². The van der Waals surface area contributed by atoms with E-state index in [2.05, 4.69) is 27.0 Å². The first-order valence-electron chi connectivity index (χ1n) is 4.44. The average molecular weight is 229 g/mol. The molecule has 0 saturated carbocycles. The number of hydrogen-bond acceptors (Lipinski definition) is 5. The van der Waals surface area contributed by atoms with Gasteiger partial charge in [-0.05, 0) is 18.1 Å². The number of aromatic nitrogens is 2. The van der Waals surface area contributed by atoms with Gasteiger partial charge in [0.15, 0.2) is 5.01 Å². The molecular formula is C11H7N3OS. The van der Waals surface area contributed by atoms with E-state index < -0.39 is 0 Å². The smallest absolute Gasteiger partial charge is 0.167 e. The van der Waals surface area contributed by atoms with E-state index in [-0.39, 0.29) is 0 Å². The molecule has 0 radical (unpaired) electrons. The number of oxime groups is 1. The van der Waals surface area contributed by atoms with Crippen molar-refractivity contribution < 1.29 is 5.21 Å². The Morgan fingerprint density at radius 1 is 1.31 bits per heavy atom. The van der Waals surface area contributed by atoms with E-state index in [0.717, 1.165) is 10.4 Å². The Labute approximate surface area is 96.3 Å². The molecule has 0 spiro atoms. The molecule has 0 aliphatic heterocycles. The molecular weight excluding hydrogens is 222 g/mol. The van der Waals surface area contributed by atoms with E-state index in [1.165, 1.54) is 17.6 Å². The zero-order valence-corrected chi connectivity index (χ0v) is 8.98. The second-order valence-corrected chi connectivity index (χ2v) is 3.86. The van der Waals surface area contributed by atoms with Crippen LogP contribution in [0.15, 0.2) is 35.9 Å². The van der Waals surface area contributed by atoms with Gasteiger partial charge in [-0.2, -0.15) is 0 Å². The molecule has 0 aromatic carbocycles. The van der Waals surface area contributed by atoms with Crippen molar-refractivity contribution in [3.05, 3.63) is 46.2 Å². The molecule has 0 saturated heterocycles. The lowest BCUT2D eigenvalue weighted by atomic mass is 10.3. The van der Waals surface area contributed by atoms with Crippen LogP contribution in [-0.4, -0.2) is 21.4 Å². The van der Waals surface area contributed by atoms with Gasteiger partial charge in [0.25, 0.3) is 0 Å². The van der Waals surface area contributed by atoms with Gasteiger partial charge in [-0.25, -0.2) is 4.98 Å². The summed E-state index contributed by atoms with van der Waals surface area (Å²) in [6.07, 6.45) is 6.32. The van der Waals surface area contributed by atoms with Crippen molar-refractivity contribution in [2.45, 2.75) is 0 Å². The van der Waals surface area contributed by atoms with Gasteiger partial charge >= 0.3 is 0 Å². The fraction of sp³-hybridized carbons (Fsp3) is 0. The van der Waals surface area contributed by atoms with Gasteiger partial charge in [0.1, 0.15) is 0 Å². The Morgan fingerprint density at radius 2 is 2.12 bits per heavy atom. The van der Waals surface area contributed by atoms with E-state index in [1.54, 1.807) is 18.6 Å². The van der Waals surface area contributed by atoms with Crippen molar-refractivity contribution >= 4 is 17.6 Å². The topological polar surface area (TPSA) is 58.4 Å². The molecule has 1 N–H and O–H groups in total. The van der Waals surface area contributed by atoms with E-state index in [9.17, 15) is 0 Å². The van der Waals surface area contributed by atoms with Crippen LogP contribution in [0.4, 0.5) is 0 Å². The highest BCUT2D eigenvalue weighted by molar-refractivity contribution is 7.13. The maximum Gasteiger partial charge on any atom is 0.167 e. The summed E-state index contributed by atoms with van der Waals surface area (Å²) >= 11 is 1.37. The number of pyridine rings is 1. The number of rotatable bonds is 1. The Bertz CT molecular complexity index is 551. The Hall–Kier alpha value is -2.19. The van der Waals surface area contributed by atoms with Crippen molar-refractivity contribution in [1.29, 1.82) is 0 Å². The summed E-state index contributed by atoms with van der Waals surface area (Å²) in [5, 5.41) is 12.0. The van der Waals surface area contributed by atoms with Crippen LogP contribution in [0.5, 0.6) is 0 Å². The summed E-state index contributed by atoms with van der Waals surface area (Å²) in [5.74, 6) is 5.89. The lowest BCUT2D eigenvalue weighted by Gasteiger charge is -1.84. The minimum atomic E-state index is 0.687. The third-order valence-corrected chi connectivity index (χ3v) is 2.55. The SMILES string of the molecule is O/N=C\c1cnc(C#Cc2ccncc2)s1. The molecule has 0 atom stereocenters. The van der Waals surface area contributed by atoms with Gasteiger partial charge in [0.2, 0.25) is 0 Å². The lowest BCUT2D eigenvalue weighted by molar-refractivity contribution is 0.322. The molecule has 2 aromatic rings. The minimum absolute atomic E-state index is 0.687. The molecule has 2 heterocycles. The van der Waals surface area contributed by atoms with E-state index in [1.807, 2.05) is 12.1 Å². The molecule has 78 valence electrons. The summed E-state index contributed by atoms with van der Waals surface area (Å²) in [5.41, 5.74) is 0.891. The molecule has 0 aliphatic carbocycles. The van der Waals surface area contributed by atoms with E-state index in [0.29, 0.717) is 5.01 Å². The van der Waals surface area contributed by atoms with Crippen LogP contribution in [-0.2, 0) is 0 Å². The standard InChI is InChI=1S/C11H7N3OS/c15-14-8-10-7-13-11(16-10)2-1-9-3-5-12-6-4-9/h3-8,15H/b14-8-. The summed E-state index contributed by atoms with van der Waals surface area (Å²) in [4.78, 5) is 8.74. The van der Waals surface area contributed by atoms with Gasteiger partial charge in [0.05, 0.1) is 11.1 Å². The number of thiazole rings is 1. The van der Waals surface area contributed by atoms with Gasteiger partial charge in [-0.15, -0.1) is 11.3 Å². The van der Waals surface area contributed by atoms with Crippen LogP contribution < -0.4 is 0 Å². The molecule has 0 aliphatic rings. The zero-order chi connectivity index (χ0) is 11.2. The van der Waals surface area contributed by atoms with Gasteiger partial charge in [-0.1, -0.05) is 11.1 Å². The van der Waals surface area contributed by atoms with E-state index in [4.69, 9.17) is 5.21 Å². The molecule has 0 fully saturated rings. The fourth-order valence-electron chi connectivity index (χ4n) is 1.02. The Morgan fingerprint density at radius 3 is 2.88 bits per heavy atom. The molecule has 2 rings (SSSR count). The number of hydrogen-bond donors (Lipinski definition) is 1. The summed E-state index contributed by atoms with van der Waals surface area (Å²) < 4.78 is 0. The van der Waals surface area contributed by atoms with E-state index >= 15 is 0 Å².